The number of aliphatic hydroxyl groups is 1. The summed E-state index contributed by atoms with van der Waals surface area (Å²) in [6, 6.07) is 14.4. The zero-order valence-electron chi connectivity index (χ0n) is 40.9. The number of aromatic nitrogens is 3. The fourth-order valence-electron chi connectivity index (χ4n) is 8.80. The van der Waals surface area contributed by atoms with Crippen LogP contribution >= 0.6 is 22.7 Å². The third-order valence-corrected chi connectivity index (χ3v) is 14.6. The van der Waals surface area contributed by atoms with Crippen molar-refractivity contribution in [3.05, 3.63) is 77.2 Å². The smallest absolute Gasteiger partial charge is 0.411 e. The Morgan fingerprint density at radius 3 is 2.30 bits per heavy atom. The molecular formula is C52H68N8O8S2. The fourth-order valence-corrected chi connectivity index (χ4v) is 10.5. The monoisotopic (exact) mass is 996 g/mol. The normalized spacial score (nSPS) is 16.5. The molecule has 0 unspecified atom stereocenters. The zero-order chi connectivity index (χ0) is 50.2. The summed E-state index contributed by atoms with van der Waals surface area (Å²) in [6.45, 7) is 10.4. The summed E-state index contributed by atoms with van der Waals surface area (Å²) in [5.74, 6) is -0.880. The summed E-state index contributed by atoms with van der Waals surface area (Å²) in [5.41, 5.74) is 8.37. The number of anilines is 2. The van der Waals surface area contributed by atoms with Crippen LogP contribution in [0.25, 0.3) is 31.8 Å². The number of β-amino-alcohol motifs (C(OH)–C–C–N with tert-alkyl or cyclic N) is 1. The van der Waals surface area contributed by atoms with Crippen LogP contribution in [0.4, 0.5) is 15.6 Å². The van der Waals surface area contributed by atoms with E-state index in [1.807, 2.05) is 88.8 Å². The van der Waals surface area contributed by atoms with Gasteiger partial charge in [0, 0.05) is 44.2 Å². The first kappa shape index (κ1) is 53.4. The van der Waals surface area contributed by atoms with E-state index in [4.69, 9.17) is 19.6 Å². The molecule has 0 spiro atoms. The number of nitrogens with zero attached hydrogens (tertiary/aromatic N) is 4. The maximum Gasteiger partial charge on any atom is 0.411 e. The number of aryl methyl sites for hydroxylation is 2. The molecular weight excluding hydrogens is 929 g/mol. The van der Waals surface area contributed by atoms with Gasteiger partial charge in [-0.15, -0.1) is 11.3 Å². The second kappa shape index (κ2) is 25.8. The number of ether oxygens (including phenoxy) is 1. The first-order chi connectivity index (χ1) is 33.6. The molecule has 376 valence electrons. The Bertz CT molecular complexity index is 2530. The number of benzene rings is 2. The minimum atomic E-state index is -0.848. The van der Waals surface area contributed by atoms with Gasteiger partial charge in [0.2, 0.25) is 17.7 Å². The Balaban J connectivity index is 0.00000261. The van der Waals surface area contributed by atoms with Crippen LogP contribution in [0, 0.1) is 19.3 Å². The molecule has 5 aromatic rings. The largest absolute Gasteiger partial charge is 0.483 e. The van der Waals surface area contributed by atoms with Crippen LogP contribution in [-0.4, -0.2) is 97.7 Å². The number of carbonyl (C=O) groups excluding carboxylic acids is 4. The van der Waals surface area contributed by atoms with Gasteiger partial charge in [-0.3, -0.25) is 29.5 Å². The molecule has 0 bridgehead atoms. The molecule has 1 aliphatic carbocycles. The number of rotatable bonds is 19. The summed E-state index contributed by atoms with van der Waals surface area (Å²) >= 11 is 3.20. The number of unbranched alkanes of at least 4 members (excludes halogenated alkanes) is 5. The van der Waals surface area contributed by atoms with Crippen LogP contribution in [0.1, 0.15) is 121 Å². The summed E-state index contributed by atoms with van der Waals surface area (Å²) in [5, 5.41) is 30.7. The number of fused-ring (bicyclic) bond motifs is 1. The Kier molecular flexibility index (Phi) is 19.6. The van der Waals surface area contributed by atoms with E-state index in [9.17, 15) is 24.3 Å². The van der Waals surface area contributed by atoms with Gasteiger partial charge >= 0.3 is 6.09 Å². The lowest BCUT2D eigenvalue weighted by atomic mass is 9.85. The van der Waals surface area contributed by atoms with E-state index in [-0.39, 0.29) is 49.8 Å². The minimum Gasteiger partial charge on any atom is -0.483 e. The SMILES string of the molecule is Cc1ncc(-c2ccc3nc(NCCCCCCCCC(=O)N[C@H](C(=O)N4C[C@H](O)C[C@H]4C(=O)NCc4ccc(-c5scnc5C)cc4)C(C)(C)C)sc3c2)cc1NC(=O)OC1CCCCC1.O=CO. The Labute approximate surface area is 418 Å². The van der Waals surface area contributed by atoms with Gasteiger partial charge in [-0.1, -0.05) is 94.5 Å². The third-order valence-electron chi connectivity index (χ3n) is 12.7. The van der Waals surface area contributed by atoms with Crippen molar-refractivity contribution in [1.29, 1.82) is 0 Å². The molecule has 1 saturated carbocycles. The van der Waals surface area contributed by atoms with Gasteiger partial charge in [-0.05, 0) is 92.7 Å². The van der Waals surface area contributed by atoms with Crippen molar-refractivity contribution < 1.29 is 38.9 Å². The summed E-state index contributed by atoms with van der Waals surface area (Å²) < 4.78 is 6.73. The number of hydrogen-bond donors (Lipinski definition) is 6. The molecule has 7 rings (SSSR count). The number of thiazole rings is 2. The number of likely N-dealkylation sites (tertiary alicyclic amines) is 1. The topological polar surface area (TPSA) is 225 Å². The highest BCUT2D eigenvalue weighted by Gasteiger charge is 2.44. The van der Waals surface area contributed by atoms with Crippen LogP contribution in [0.2, 0.25) is 0 Å². The lowest BCUT2D eigenvalue weighted by molar-refractivity contribution is -0.144. The number of pyridine rings is 1. The zero-order valence-corrected chi connectivity index (χ0v) is 42.6. The second-order valence-electron chi connectivity index (χ2n) is 19.2. The average molecular weight is 997 g/mol. The van der Waals surface area contributed by atoms with E-state index in [1.165, 1.54) is 11.3 Å². The molecule has 2 aliphatic rings. The highest BCUT2D eigenvalue weighted by atomic mass is 32.1. The van der Waals surface area contributed by atoms with Crippen LogP contribution in [0.15, 0.2) is 60.2 Å². The van der Waals surface area contributed by atoms with E-state index >= 15 is 0 Å². The van der Waals surface area contributed by atoms with Gasteiger partial charge in [0.1, 0.15) is 18.2 Å². The van der Waals surface area contributed by atoms with Crippen molar-refractivity contribution >= 4 is 74.0 Å². The first-order valence-electron chi connectivity index (χ1n) is 24.4. The van der Waals surface area contributed by atoms with Crippen LogP contribution < -0.4 is 21.3 Å². The van der Waals surface area contributed by atoms with E-state index in [1.54, 1.807) is 22.7 Å². The first-order valence-corrected chi connectivity index (χ1v) is 26.0. The van der Waals surface area contributed by atoms with E-state index in [2.05, 4.69) is 37.3 Å². The average Bonchev–Trinajstić information content (AvgIpc) is 4.07. The van der Waals surface area contributed by atoms with E-state index in [0.717, 1.165) is 118 Å². The van der Waals surface area contributed by atoms with Crippen LogP contribution in [-0.2, 0) is 30.5 Å². The molecule has 1 aliphatic heterocycles. The van der Waals surface area contributed by atoms with Crippen molar-refractivity contribution in [1.82, 2.24) is 30.5 Å². The lowest BCUT2D eigenvalue weighted by Gasteiger charge is -2.35. The predicted octanol–water partition coefficient (Wildman–Crippen LogP) is 9.63. The predicted molar refractivity (Wildman–Crippen MR) is 276 cm³/mol. The molecule has 2 fully saturated rings. The van der Waals surface area contributed by atoms with Crippen molar-refractivity contribution in [2.45, 2.75) is 149 Å². The molecule has 16 nitrogen and oxygen atoms in total. The quantitative estimate of drug-likeness (QED) is 0.0336. The van der Waals surface area contributed by atoms with Crippen LogP contribution in [0.3, 0.4) is 0 Å². The van der Waals surface area contributed by atoms with E-state index in [0.29, 0.717) is 18.5 Å². The number of nitrogens with one attached hydrogen (secondary N) is 4. The van der Waals surface area contributed by atoms with Gasteiger partial charge in [-0.2, -0.15) is 0 Å². The molecule has 18 heteroatoms. The van der Waals surface area contributed by atoms with Gasteiger partial charge in [-0.25, -0.2) is 14.8 Å². The van der Waals surface area contributed by atoms with Crippen molar-refractivity contribution in [2.24, 2.45) is 5.41 Å². The summed E-state index contributed by atoms with van der Waals surface area (Å²) in [4.78, 5) is 77.9. The number of amides is 4. The highest BCUT2D eigenvalue weighted by Crippen LogP contribution is 2.33. The number of hydrogen-bond acceptors (Lipinski definition) is 13. The van der Waals surface area contributed by atoms with Gasteiger partial charge < -0.3 is 35.8 Å². The number of aliphatic hydroxyl groups excluding tert-OH is 1. The molecule has 70 heavy (non-hydrogen) atoms. The summed E-state index contributed by atoms with van der Waals surface area (Å²) in [6.07, 6.45) is 11.9. The lowest BCUT2D eigenvalue weighted by Crippen LogP contribution is -2.57. The van der Waals surface area contributed by atoms with E-state index < -0.39 is 29.7 Å². The highest BCUT2D eigenvalue weighted by molar-refractivity contribution is 7.22. The molecule has 6 N–H and O–H groups in total. The standard InChI is InChI=1S/C51H66N8O6S2.CH2O2/c1-32-41(57-50(64)65-39-15-11-10-12-16-39)25-37(29-53-32)36-22-23-40-43(26-36)67-49(56-40)52-24-14-9-7-6-8-13-17-44(61)58-46(51(3,4)5)48(63)59-30-38(60)27-42(59)47(62)54-28-34-18-20-35(21-19-34)45-33(2)55-31-66-45;2-1-3/h18-23,25-26,29,31,38-39,42,46,60H,6-17,24,27-28,30H2,1-5H3,(H,52,56)(H,54,62)(H,57,64)(H,58,61);1H,(H,2,3)/t38-,42+,46-;/m1./s1. The number of carbonyl (C=O) groups is 5. The minimum absolute atomic E-state index is 0.0205. The summed E-state index contributed by atoms with van der Waals surface area (Å²) in [7, 11) is 0. The Morgan fingerprint density at radius 2 is 1.60 bits per heavy atom. The molecule has 4 amide bonds. The molecule has 4 heterocycles. The van der Waals surface area contributed by atoms with Crippen molar-refractivity contribution in [2.75, 3.05) is 23.7 Å². The maximum absolute atomic E-state index is 14.0. The molecule has 2 aromatic carbocycles. The van der Waals surface area contributed by atoms with Gasteiger partial charge in [0.05, 0.1) is 43.8 Å². The molecule has 3 atom stereocenters. The maximum atomic E-state index is 14.0. The van der Waals surface area contributed by atoms with Crippen molar-refractivity contribution in [3.8, 4) is 21.6 Å². The number of carboxylic acid groups (broad SMARTS) is 1. The fraction of sp³-hybridized carbons (Fsp3) is 0.500. The second-order valence-corrected chi connectivity index (χ2v) is 21.1. The molecule has 0 radical (unpaired) electrons. The Hall–Kier alpha value is -5.98. The molecule has 1 saturated heterocycles. The van der Waals surface area contributed by atoms with Crippen LogP contribution in [0.5, 0.6) is 0 Å². The third kappa shape index (κ3) is 15.3. The Morgan fingerprint density at radius 1 is 0.900 bits per heavy atom. The van der Waals surface area contributed by atoms with Gasteiger partial charge in [0.15, 0.2) is 5.13 Å². The van der Waals surface area contributed by atoms with Crippen molar-refractivity contribution in [3.63, 3.8) is 0 Å². The van der Waals surface area contributed by atoms with Gasteiger partial charge in [0.25, 0.3) is 6.47 Å². The molecule has 3 aromatic heterocycles.